The first-order chi connectivity index (χ1) is 16.0. The number of ether oxygens (including phenoxy) is 1. The number of methoxy groups -OCH3 is 1. The second kappa shape index (κ2) is 10.5. The van der Waals surface area contributed by atoms with Gasteiger partial charge in [-0.2, -0.15) is 0 Å². The zero-order chi connectivity index (χ0) is 23.4. The van der Waals surface area contributed by atoms with Gasteiger partial charge < -0.3 is 15.4 Å². The van der Waals surface area contributed by atoms with Gasteiger partial charge in [-0.25, -0.2) is 0 Å². The van der Waals surface area contributed by atoms with Crippen molar-refractivity contribution in [3.8, 4) is 0 Å². The van der Waals surface area contributed by atoms with E-state index < -0.39 is 0 Å². The van der Waals surface area contributed by atoms with E-state index >= 15 is 0 Å². The van der Waals surface area contributed by atoms with Crippen LogP contribution in [0.25, 0.3) is 0 Å². The first kappa shape index (κ1) is 23.5. The molecule has 0 bridgehead atoms. The Balaban J connectivity index is 1.49. The molecule has 2 aliphatic carbocycles. The second-order valence-electron chi connectivity index (χ2n) is 9.08. The molecule has 1 fully saturated rings. The molecule has 1 aromatic carbocycles. The molecule has 2 amide bonds. The van der Waals surface area contributed by atoms with Crippen LogP contribution in [-0.4, -0.2) is 24.9 Å². The Labute approximate surface area is 199 Å². The van der Waals surface area contributed by atoms with E-state index in [9.17, 15) is 14.4 Å². The van der Waals surface area contributed by atoms with Gasteiger partial charge in [-0.1, -0.05) is 30.3 Å². The molecule has 1 unspecified atom stereocenters. The number of amides is 2. The number of anilines is 1. The highest BCUT2D eigenvalue weighted by Gasteiger charge is 2.32. The van der Waals surface area contributed by atoms with Crippen molar-refractivity contribution < 1.29 is 19.1 Å². The molecule has 1 heterocycles. The highest BCUT2D eigenvalue weighted by Crippen LogP contribution is 2.39. The highest BCUT2D eigenvalue weighted by atomic mass is 32.1. The van der Waals surface area contributed by atoms with Crippen LogP contribution >= 0.6 is 11.3 Å². The van der Waals surface area contributed by atoms with Gasteiger partial charge in [0.25, 0.3) is 5.91 Å². The van der Waals surface area contributed by atoms with Crippen molar-refractivity contribution in [1.82, 2.24) is 5.32 Å². The monoisotopic (exact) mass is 468 g/mol. The molecule has 2 N–H and O–H groups in total. The van der Waals surface area contributed by atoms with Crippen molar-refractivity contribution in [1.29, 1.82) is 0 Å². The van der Waals surface area contributed by atoms with Gasteiger partial charge in [0.15, 0.2) is 0 Å². The first-order valence-electron chi connectivity index (χ1n) is 11.9. The summed E-state index contributed by atoms with van der Waals surface area (Å²) in [6.07, 6.45) is 6.62. The van der Waals surface area contributed by atoms with Crippen molar-refractivity contribution in [2.75, 3.05) is 12.4 Å². The van der Waals surface area contributed by atoms with Crippen LogP contribution in [0, 0.1) is 11.8 Å². The third kappa shape index (κ3) is 5.29. The number of esters is 1. The molecule has 1 aromatic heterocycles. The lowest BCUT2D eigenvalue weighted by Gasteiger charge is -2.26. The van der Waals surface area contributed by atoms with Crippen LogP contribution in [0.1, 0.15) is 77.9 Å². The summed E-state index contributed by atoms with van der Waals surface area (Å²) in [7, 11) is 1.41. The second-order valence-corrected chi connectivity index (χ2v) is 10.2. The lowest BCUT2D eigenvalue weighted by molar-refractivity contribution is -0.147. The Morgan fingerprint density at radius 3 is 2.36 bits per heavy atom. The number of nitrogens with one attached hydrogen (secondary N) is 2. The third-order valence-corrected chi connectivity index (χ3v) is 8.12. The van der Waals surface area contributed by atoms with Crippen LogP contribution in [0.4, 0.5) is 5.00 Å². The van der Waals surface area contributed by atoms with E-state index in [-0.39, 0.29) is 35.7 Å². The molecular formula is C26H32N2O4S. The quantitative estimate of drug-likeness (QED) is 0.582. The molecule has 0 spiro atoms. The highest BCUT2D eigenvalue weighted by molar-refractivity contribution is 7.17. The molecule has 2 aromatic rings. The minimum Gasteiger partial charge on any atom is -0.469 e. The lowest BCUT2D eigenvalue weighted by atomic mass is 9.81. The molecule has 0 radical (unpaired) electrons. The number of aryl methyl sites for hydroxylation is 1. The molecule has 7 heteroatoms. The topological polar surface area (TPSA) is 84.5 Å². The molecule has 1 atom stereocenters. The normalized spacial score (nSPS) is 20.9. The number of carbonyl (C=O) groups is 3. The van der Waals surface area contributed by atoms with E-state index in [0.29, 0.717) is 36.2 Å². The molecule has 2 aliphatic rings. The van der Waals surface area contributed by atoms with E-state index in [0.717, 1.165) is 36.8 Å². The molecular weight excluding hydrogens is 436 g/mol. The number of fused-ring (bicyclic) bond motifs is 1. The molecule has 33 heavy (non-hydrogen) atoms. The van der Waals surface area contributed by atoms with Gasteiger partial charge in [0.1, 0.15) is 5.00 Å². The Morgan fingerprint density at radius 2 is 1.67 bits per heavy atom. The fourth-order valence-corrected chi connectivity index (χ4v) is 6.25. The van der Waals surface area contributed by atoms with E-state index in [1.165, 1.54) is 12.0 Å². The van der Waals surface area contributed by atoms with Crippen LogP contribution in [0.3, 0.4) is 0 Å². The van der Waals surface area contributed by atoms with E-state index in [2.05, 4.69) is 10.6 Å². The van der Waals surface area contributed by atoms with Gasteiger partial charge in [0.2, 0.25) is 5.91 Å². The lowest BCUT2D eigenvalue weighted by Crippen LogP contribution is -2.31. The molecule has 6 nitrogen and oxygen atoms in total. The fraction of sp³-hybridized carbons (Fsp3) is 0.500. The molecule has 0 aliphatic heterocycles. The summed E-state index contributed by atoms with van der Waals surface area (Å²) in [4.78, 5) is 39.5. The smallest absolute Gasteiger partial charge is 0.308 e. The number of hydrogen-bond acceptors (Lipinski definition) is 5. The predicted octanol–water partition coefficient (Wildman–Crippen LogP) is 5.04. The first-order valence-corrected chi connectivity index (χ1v) is 12.7. The number of hydrogen-bond donors (Lipinski definition) is 2. The van der Waals surface area contributed by atoms with Gasteiger partial charge in [0, 0.05) is 10.8 Å². The summed E-state index contributed by atoms with van der Waals surface area (Å²) < 4.78 is 4.85. The molecule has 4 rings (SSSR count). The van der Waals surface area contributed by atoms with Crippen LogP contribution in [0.15, 0.2) is 30.3 Å². The summed E-state index contributed by atoms with van der Waals surface area (Å²) in [5.74, 6) is -0.637. The van der Waals surface area contributed by atoms with Gasteiger partial charge in [0.05, 0.1) is 24.6 Å². The summed E-state index contributed by atoms with van der Waals surface area (Å²) >= 11 is 1.55. The summed E-state index contributed by atoms with van der Waals surface area (Å²) in [5, 5.41) is 6.89. The summed E-state index contributed by atoms with van der Waals surface area (Å²) in [5.41, 5.74) is 2.77. The van der Waals surface area contributed by atoms with Gasteiger partial charge in [-0.05, 0) is 69.4 Å². The maximum absolute atomic E-state index is 13.4. The minimum atomic E-state index is -0.189. The number of thiophene rings is 1. The standard InChI is InChI=1S/C26H32N2O4S/c1-16(17-8-4-3-5-9-17)27-24(30)22-20-10-6-7-11-21(20)33-25(22)28-23(29)18-12-14-19(15-13-18)26(31)32-2/h3-5,8-9,16,18-19H,6-7,10-15H2,1-2H3,(H,27,30)(H,28,29). The third-order valence-electron chi connectivity index (χ3n) is 6.91. The largest absolute Gasteiger partial charge is 0.469 e. The summed E-state index contributed by atoms with van der Waals surface area (Å²) in [6.45, 7) is 1.98. The number of rotatable bonds is 6. The van der Waals surface area contributed by atoms with E-state index in [4.69, 9.17) is 4.74 Å². The fourth-order valence-electron chi connectivity index (χ4n) is 4.96. The predicted molar refractivity (Wildman–Crippen MR) is 129 cm³/mol. The molecule has 1 saturated carbocycles. The molecule has 0 saturated heterocycles. The maximum Gasteiger partial charge on any atom is 0.308 e. The van der Waals surface area contributed by atoms with Crippen molar-refractivity contribution in [3.05, 3.63) is 51.9 Å². The average molecular weight is 469 g/mol. The van der Waals surface area contributed by atoms with Gasteiger partial charge in [-0.15, -0.1) is 11.3 Å². The Morgan fingerprint density at radius 1 is 1.00 bits per heavy atom. The van der Waals surface area contributed by atoms with Gasteiger partial charge >= 0.3 is 5.97 Å². The van der Waals surface area contributed by atoms with Crippen molar-refractivity contribution >= 4 is 34.1 Å². The van der Waals surface area contributed by atoms with Crippen molar-refractivity contribution in [3.63, 3.8) is 0 Å². The average Bonchev–Trinajstić information content (AvgIpc) is 3.22. The van der Waals surface area contributed by atoms with Crippen LogP contribution in [0.2, 0.25) is 0 Å². The number of carbonyl (C=O) groups excluding carboxylic acids is 3. The van der Waals surface area contributed by atoms with E-state index in [1.807, 2.05) is 37.3 Å². The zero-order valence-electron chi connectivity index (χ0n) is 19.3. The molecule has 176 valence electrons. The van der Waals surface area contributed by atoms with Crippen molar-refractivity contribution in [2.24, 2.45) is 11.8 Å². The summed E-state index contributed by atoms with van der Waals surface area (Å²) in [6, 6.07) is 9.76. The van der Waals surface area contributed by atoms with Crippen molar-refractivity contribution in [2.45, 2.75) is 64.3 Å². The van der Waals surface area contributed by atoms with Crippen LogP contribution in [0.5, 0.6) is 0 Å². The Kier molecular flexibility index (Phi) is 7.48. The Hall–Kier alpha value is -2.67. The number of benzene rings is 1. The van der Waals surface area contributed by atoms with E-state index in [1.54, 1.807) is 11.3 Å². The van der Waals surface area contributed by atoms with Crippen LogP contribution < -0.4 is 10.6 Å². The van der Waals surface area contributed by atoms with Crippen LogP contribution in [-0.2, 0) is 27.2 Å². The van der Waals surface area contributed by atoms with Gasteiger partial charge in [-0.3, -0.25) is 14.4 Å². The Bertz CT molecular complexity index is 1010. The SMILES string of the molecule is COC(=O)C1CCC(C(=O)Nc2sc3c(c2C(=O)NC(C)c2ccccc2)CCCC3)CC1. The minimum absolute atomic E-state index is 0.0536. The zero-order valence-corrected chi connectivity index (χ0v) is 20.1. The maximum atomic E-state index is 13.4.